The van der Waals surface area contributed by atoms with Crippen LogP contribution in [0.3, 0.4) is 0 Å². The minimum Gasteiger partial charge on any atom is -0.497 e. The quantitative estimate of drug-likeness (QED) is 0.377. The van der Waals surface area contributed by atoms with Crippen LogP contribution in [0.4, 0.5) is 0 Å². The Balaban J connectivity index is 1.92. The fourth-order valence-corrected chi connectivity index (χ4v) is 2.14. The first-order chi connectivity index (χ1) is 9.86. The molecule has 0 unspecified atom stereocenters. The number of benzene rings is 1. The van der Waals surface area contributed by atoms with Crippen LogP contribution in [0.25, 0.3) is 0 Å². The SMILES string of the molecule is C=CCCCCCCCCCOc1ccc(OC)cc1. The summed E-state index contributed by atoms with van der Waals surface area (Å²) < 4.78 is 10.8. The molecule has 1 aromatic carbocycles. The Morgan fingerprint density at radius 2 is 1.40 bits per heavy atom. The van der Waals surface area contributed by atoms with Gasteiger partial charge in [0.1, 0.15) is 11.5 Å². The molecule has 0 atom stereocenters. The van der Waals surface area contributed by atoms with E-state index >= 15 is 0 Å². The zero-order valence-corrected chi connectivity index (χ0v) is 12.8. The van der Waals surface area contributed by atoms with E-state index < -0.39 is 0 Å². The zero-order chi connectivity index (χ0) is 14.5. The molecule has 2 nitrogen and oxygen atoms in total. The molecule has 0 fully saturated rings. The summed E-state index contributed by atoms with van der Waals surface area (Å²) in [6, 6.07) is 7.77. The van der Waals surface area contributed by atoms with Crippen molar-refractivity contribution in [3.63, 3.8) is 0 Å². The van der Waals surface area contributed by atoms with Crippen LogP contribution < -0.4 is 9.47 Å². The molecular formula is C18H28O2. The van der Waals surface area contributed by atoms with Crippen LogP contribution in [0.5, 0.6) is 11.5 Å². The molecule has 0 aromatic heterocycles. The van der Waals surface area contributed by atoms with Crippen LogP contribution in [-0.4, -0.2) is 13.7 Å². The van der Waals surface area contributed by atoms with Crippen molar-refractivity contribution in [3.05, 3.63) is 36.9 Å². The van der Waals surface area contributed by atoms with Crippen molar-refractivity contribution in [2.45, 2.75) is 51.4 Å². The summed E-state index contributed by atoms with van der Waals surface area (Å²) in [5.74, 6) is 1.80. The van der Waals surface area contributed by atoms with E-state index in [4.69, 9.17) is 9.47 Å². The highest BCUT2D eigenvalue weighted by Crippen LogP contribution is 2.17. The lowest BCUT2D eigenvalue weighted by atomic mass is 10.1. The van der Waals surface area contributed by atoms with Crippen molar-refractivity contribution >= 4 is 0 Å². The van der Waals surface area contributed by atoms with Gasteiger partial charge in [0.25, 0.3) is 0 Å². The summed E-state index contributed by atoms with van der Waals surface area (Å²) in [6.45, 7) is 4.55. The fourth-order valence-electron chi connectivity index (χ4n) is 2.14. The number of unbranched alkanes of at least 4 members (excludes halogenated alkanes) is 7. The van der Waals surface area contributed by atoms with Crippen molar-refractivity contribution < 1.29 is 9.47 Å². The number of rotatable bonds is 12. The number of methoxy groups -OCH3 is 1. The van der Waals surface area contributed by atoms with Crippen LogP contribution in [0.15, 0.2) is 36.9 Å². The van der Waals surface area contributed by atoms with Gasteiger partial charge in [-0.3, -0.25) is 0 Å². The maximum Gasteiger partial charge on any atom is 0.119 e. The summed E-state index contributed by atoms with van der Waals surface area (Å²) in [4.78, 5) is 0. The van der Waals surface area contributed by atoms with Gasteiger partial charge in [-0.15, -0.1) is 6.58 Å². The van der Waals surface area contributed by atoms with Gasteiger partial charge >= 0.3 is 0 Å². The molecule has 0 saturated carbocycles. The maximum atomic E-state index is 5.70. The molecule has 1 rings (SSSR count). The highest BCUT2D eigenvalue weighted by molar-refractivity contribution is 5.31. The Bertz CT molecular complexity index is 343. The lowest BCUT2D eigenvalue weighted by Gasteiger charge is -2.07. The Kier molecular flexibility index (Phi) is 9.46. The average Bonchev–Trinajstić information content (AvgIpc) is 2.50. The van der Waals surface area contributed by atoms with E-state index in [1.54, 1.807) is 7.11 Å². The highest BCUT2D eigenvalue weighted by Gasteiger charge is 1.96. The second-order valence-corrected chi connectivity index (χ2v) is 5.08. The summed E-state index contributed by atoms with van der Waals surface area (Å²) in [6.07, 6.45) is 12.2. The van der Waals surface area contributed by atoms with E-state index in [1.807, 2.05) is 30.3 Å². The molecule has 0 radical (unpaired) electrons. The van der Waals surface area contributed by atoms with Gasteiger partial charge in [-0.05, 0) is 43.5 Å². The van der Waals surface area contributed by atoms with Crippen molar-refractivity contribution in [1.29, 1.82) is 0 Å². The molecule has 112 valence electrons. The Hall–Kier alpha value is -1.44. The van der Waals surface area contributed by atoms with Gasteiger partial charge in [0, 0.05) is 0 Å². The van der Waals surface area contributed by atoms with Crippen LogP contribution in [0.1, 0.15) is 51.4 Å². The third-order valence-corrected chi connectivity index (χ3v) is 3.38. The lowest BCUT2D eigenvalue weighted by Crippen LogP contribution is -1.97. The second kappa shape index (κ2) is 11.4. The summed E-state index contributed by atoms with van der Waals surface area (Å²) >= 11 is 0. The third-order valence-electron chi connectivity index (χ3n) is 3.38. The maximum absolute atomic E-state index is 5.70. The van der Waals surface area contributed by atoms with Crippen LogP contribution >= 0.6 is 0 Å². The zero-order valence-electron chi connectivity index (χ0n) is 12.8. The van der Waals surface area contributed by atoms with Gasteiger partial charge in [0.05, 0.1) is 13.7 Å². The van der Waals surface area contributed by atoms with E-state index in [-0.39, 0.29) is 0 Å². The number of hydrogen-bond donors (Lipinski definition) is 0. The first-order valence-electron chi connectivity index (χ1n) is 7.74. The predicted octanol–water partition coefficient (Wildman–Crippen LogP) is 5.38. The standard InChI is InChI=1S/C18H28O2/c1-3-4-5-6-7-8-9-10-11-16-20-18-14-12-17(19-2)13-15-18/h3,12-15H,1,4-11,16H2,2H3. The van der Waals surface area contributed by atoms with E-state index in [0.29, 0.717) is 0 Å². The van der Waals surface area contributed by atoms with Crippen molar-refractivity contribution in [2.24, 2.45) is 0 Å². The third kappa shape index (κ3) is 7.88. The van der Waals surface area contributed by atoms with Gasteiger partial charge in [-0.1, -0.05) is 38.2 Å². The minimum absolute atomic E-state index is 0.808. The summed E-state index contributed by atoms with van der Waals surface area (Å²) in [5.41, 5.74) is 0. The predicted molar refractivity (Wildman–Crippen MR) is 85.6 cm³/mol. The first kappa shape index (κ1) is 16.6. The topological polar surface area (TPSA) is 18.5 Å². The van der Waals surface area contributed by atoms with Gasteiger partial charge in [0.2, 0.25) is 0 Å². The molecule has 0 bridgehead atoms. The van der Waals surface area contributed by atoms with Crippen LogP contribution in [0, 0.1) is 0 Å². The highest BCUT2D eigenvalue weighted by atomic mass is 16.5. The second-order valence-electron chi connectivity index (χ2n) is 5.08. The van der Waals surface area contributed by atoms with Crippen LogP contribution in [0.2, 0.25) is 0 Å². The average molecular weight is 276 g/mol. The summed E-state index contributed by atoms with van der Waals surface area (Å²) in [5, 5.41) is 0. The minimum atomic E-state index is 0.808. The monoisotopic (exact) mass is 276 g/mol. The molecule has 0 amide bonds. The largest absolute Gasteiger partial charge is 0.497 e. The van der Waals surface area contributed by atoms with E-state index in [1.165, 1.54) is 38.5 Å². The van der Waals surface area contributed by atoms with Crippen molar-refractivity contribution in [1.82, 2.24) is 0 Å². The molecule has 1 aromatic rings. The van der Waals surface area contributed by atoms with Gasteiger partial charge in [0.15, 0.2) is 0 Å². The van der Waals surface area contributed by atoms with Crippen molar-refractivity contribution in [2.75, 3.05) is 13.7 Å². The van der Waals surface area contributed by atoms with E-state index in [0.717, 1.165) is 30.9 Å². The molecule has 0 aliphatic heterocycles. The molecule has 20 heavy (non-hydrogen) atoms. The van der Waals surface area contributed by atoms with Crippen molar-refractivity contribution in [3.8, 4) is 11.5 Å². The van der Waals surface area contributed by atoms with Gasteiger partial charge < -0.3 is 9.47 Å². The normalized spacial score (nSPS) is 10.2. The Morgan fingerprint density at radius 1 is 0.850 bits per heavy atom. The number of allylic oxidation sites excluding steroid dienone is 1. The number of hydrogen-bond acceptors (Lipinski definition) is 2. The molecule has 0 aliphatic carbocycles. The molecule has 0 spiro atoms. The summed E-state index contributed by atoms with van der Waals surface area (Å²) in [7, 11) is 1.67. The van der Waals surface area contributed by atoms with E-state index in [2.05, 4.69) is 6.58 Å². The smallest absolute Gasteiger partial charge is 0.119 e. The molecule has 0 aliphatic rings. The van der Waals surface area contributed by atoms with Gasteiger partial charge in [-0.2, -0.15) is 0 Å². The van der Waals surface area contributed by atoms with Crippen LogP contribution in [-0.2, 0) is 0 Å². The lowest BCUT2D eigenvalue weighted by molar-refractivity contribution is 0.303. The number of ether oxygens (including phenoxy) is 2. The molecular weight excluding hydrogens is 248 g/mol. The Morgan fingerprint density at radius 3 is 2.00 bits per heavy atom. The first-order valence-corrected chi connectivity index (χ1v) is 7.74. The molecule has 0 heterocycles. The molecule has 2 heteroatoms. The van der Waals surface area contributed by atoms with E-state index in [9.17, 15) is 0 Å². The fraction of sp³-hybridized carbons (Fsp3) is 0.556. The van der Waals surface area contributed by atoms with Gasteiger partial charge in [-0.25, -0.2) is 0 Å². The molecule has 0 N–H and O–H groups in total. The molecule has 0 saturated heterocycles. The Labute approximate surface area is 123 Å².